The second kappa shape index (κ2) is 8.17. The van der Waals surface area contributed by atoms with Crippen LogP contribution in [0.3, 0.4) is 0 Å². The highest BCUT2D eigenvalue weighted by molar-refractivity contribution is 6.17. The van der Waals surface area contributed by atoms with Crippen LogP contribution >= 0.6 is 11.6 Å². The summed E-state index contributed by atoms with van der Waals surface area (Å²) in [5.41, 5.74) is -1.76. The zero-order valence-corrected chi connectivity index (χ0v) is 19.5. The van der Waals surface area contributed by atoms with Crippen molar-refractivity contribution in [1.82, 2.24) is 0 Å². The van der Waals surface area contributed by atoms with Crippen molar-refractivity contribution in [3.05, 3.63) is 23.8 Å². The van der Waals surface area contributed by atoms with E-state index in [-0.39, 0.29) is 49.1 Å². The van der Waals surface area contributed by atoms with Crippen LogP contribution in [0, 0.1) is 28.6 Å². The monoisotopic (exact) mass is 466 g/mol. The number of esters is 1. The number of hydrogen-bond acceptors (Lipinski definition) is 7. The number of aliphatic hydroxyl groups excluding tert-OH is 1. The fourth-order valence-electron chi connectivity index (χ4n) is 7.31. The molecule has 0 bridgehead atoms. The number of allylic oxidation sites excluding steroid dienone is 4. The van der Waals surface area contributed by atoms with Gasteiger partial charge in [0.05, 0.1) is 12.7 Å². The van der Waals surface area contributed by atoms with Crippen LogP contribution in [-0.2, 0) is 23.8 Å². The molecule has 0 aliphatic heterocycles. The van der Waals surface area contributed by atoms with Gasteiger partial charge < -0.3 is 19.3 Å². The molecule has 0 heterocycles. The van der Waals surface area contributed by atoms with E-state index >= 15 is 0 Å². The van der Waals surface area contributed by atoms with Gasteiger partial charge in [-0.2, -0.15) is 0 Å². The van der Waals surface area contributed by atoms with Crippen LogP contribution in [0.15, 0.2) is 23.8 Å². The molecule has 0 amide bonds. The molecule has 4 rings (SSSR count). The Kier molecular flexibility index (Phi) is 5.95. The summed E-state index contributed by atoms with van der Waals surface area (Å²) in [5.74, 6) is -0.676. The van der Waals surface area contributed by atoms with Gasteiger partial charge in [-0.1, -0.05) is 37.1 Å². The van der Waals surface area contributed by atoms with Gasteiger partial charge in [-0.05, 0) is 63.0 Å². The SMILES string of the molecule is CCOC(=O)O[C@@]1(C(=O)OCCl)CCC2C3CCC4=CC(=O)C=CC4(C)C3C(O)CC21C. The van der Waals surface area contributed by atoms with Gasteiger partial charge in [-0.15, -0.1) is 0 Å². The lowest BCUT2D eigenvalue weighted by Crippen LogP contribution is -2.62. The minimum Gasteiger partial charge on any atom is -0.446 e. The van der Waals surface area contributed by atoms with Crippen molar-refractivity contribution in [2.45, 2.75) is 64.6 Å². The number of aliphatic hydroxyl groups is 1. The fraction of sp³-hybridized carbons (Fsp3) is 0.708. The Labute approximate surface area is 193 Å². The van der Waals surface area contributed by atoms with Crippen molar-refractivity contribution in [2.24, 2.45) is 28.6 Å². The highest BCUT2D eigenvalue weighted by Gasteiger charge is 2.71. The average Bonchev–Trinajstić information content (AvgIpc) is 3.01. The fourth-order valence-corrected chi connectivity index (χ4v) is 7.41. The molecule has 7 nitrogen and oxygen atoms in total. The third-order valence-electron chi connectivity index (χ3n) is 8.65. The molecule has 176 valence electrons. The number of carbonyl (C=O) groups is 3. The first-order chi connectivity index (χ1) is 15.1. The average molecular weight is 467 g/mol. The summed E-state index contributed by atoms with van der Waals surface area (Å²) in [5, 5.41) is 11.5. The van der Waals surface area contributed by atoms with Gasteiger partial charge in [0.2, 0.25) is 5.60 Å². The van der Waals surface area contributed by atoms with E-state index in [2.05, 4.69) is 6.92 Å². The Bertz CT molecular complexity index is 882. The van der Waals surface area contributed by atoms with Crippen LogP contribution in [0.1, 0.15) is 52.9 Å². The van der Waals surface area contributed by atoms with Crippen molar-refractivity contribution in [3.8, 4) is 0 Å². The van der Waals surface area contributed by atoms with Gasteiger partial charge in [0.25, 0.3) is 0 Å². The second-order valence-electron chi connectivity index (χ2n) is 9.90. The molecule has 3 saturated carbocycles. The maximum absolute atomic E-state index is 13.2. The summed E-state index contributed by atoms with van der Waals surface area (Å²) < 4.78 is 15.9. The number of ether oxygens (including phenoxy) is 3. The van der Waals surface area contributed by atoms with E-state index in [1.54, 1.807) is 19.1 Å². The Morgan fingerprint density at radius 3 is 2.69 bits per heavy atom. The lowest BCUT2D eigenvalue weighted by atomic mass is 9.46. The highest BCUT2D eigenvalue weighted by Crippen LogP contribution is 2.68. The summed E-state index contributed by atoms with van der Waals surface area (Å²) in [7, 11) is 0. The smallest absolute Gasteiger partial charge is 0.446 e. The molecule has 0 aromatic rings. The molecule has 0 radical (unpaired) electrons. The molecule has 0 aromatic carbocycles. The number of ketones is 1. The maximum Gasteiger partial charge on any atom is 0.509 e. The highest BCUT2D eigenvalue weighted by atomic mass is 35.5. The minimum absolute atomic E-state index is 0.0161. The van der Waals surface area contributed by atoms with Crippen molar-refractivity contribution >= 4 is 29.5 Å². The largest absolute Gasteiger partial charge is 0.509 e. The molecule has 6 unspecified atom stereocenters. The van der Waals surface area contributed by atoms with Crippen LogP contribution in [0.4, 0.5) is 4.79 Å². The normalized spacial score (nSPS) is 42.3. The molecule has 4 aliphatic rings. The number of halogens is 1. The topological polar surface area (TPSA) is 99.1 Å². The van der Waals surface area contributed by atoms with Crippen LogP contribution in [0.5, 0.6) is 0 Å². The van der Waals surface area contributed by atoms with E-state index in [1.807, 2.05) is 13.0 Å². The molecule has 4 aliphatic carbocycles. The molecule has 32 heavy (non-hydrogen) atoms. The van der Waals surface area contributed by atoms with Gasteiger partial charge in [0.15, 0.2) is 11.8 Å². The van der Waals surface area contributed by atoms with Crippen LogP contribution in [0.2, 0.25) is 0 Å². The first-order valence-electron chi connectivity index (χ1n) is 11.3. The van der Waals surface area contributed by atoms with E-state index in [4.69, 9.17) is 25.8 Å². The van der Waals surface area contributed by atoms with Crippen molar-refractivity contribution < 1.29 is 33.7 Å². The van der Waals surface area contributed by atoms with Crippen molar-refractivity contribution in [2.75, 3.05) is 12.7 Å². The Morgan fingerprint density at radius 1 is 1.25 bits per heavy atom. The molecule has 8 heteroatoms. The number of hydrogen-bond donors (Lipinski definition) is 1. The van der Waals surface area contributed by atoms with E-state index in [0.29, 0.717) is 6.42 Å². The summed E-state index contributed by atoms with van der Waals surface area (Å²) in [4.78, 5) is 37.5. The first-order valence-corrected chi connectivity index (χ1v) is 11.9. The second-order valence-corrected chi connectivity index (χ2v) is 10.1. The van der Waals surface area contributed by atoms with Gasteiger partial charge in [-0.25, -0.2) is 9.59 Å². The zero-order valence-electron chi connectivity index (χ0n) is 18.8. The number of carbonyl (C=O) groups excluding carboxylic acids is 3. The van der Waals surface area contributed by atoms with Crippen molar-refractivity contribution in [1.29, 1.82) is 0 Å². The Morgan fingerprint density at radius 2 is 2.00 bits per heavy atom. The molecule has 7 atom stereocenters. The predicted octanol–water partition coefficient (Wildman–Crippen LogP) is 3.92. The van der Waals surface area contributed by atoms with E-state index in [9.17, 15) is 19.5 Å². The number of alkyl halides is 1. The summed E-state index contributed by atoms with van der Waals surface area (Å²) in [6.07, 6.45) is 6.31. The third kappa shape index (κ3) is 3.23. The van der Waals surface area contributed by atoms with E-state index < -0.39 is 34.7 Å². The molecule has 3 fully saturated rings. The molecule has 0 spiro atoms. The van der Waals surface area contributed by atoms with Crippen molar-refractivity contribution in [3.63, 3.8) is 0 Å². The lowest BCUT2D eigenvalue weighted by molar-refractivity contribution is -0.199. The van der Waals surface area contributed by atoms with Gasteiger partial charge in [-0.3, -0.25) is 4.79 Å². The Balaban J connectivity index is 1.73. The van der Waals surface area contributed by atoms with E-state index in [0.717, 1.165) is 18.4 Å². The predicted molar refractivity (Wildman–Crippen MR) is 116 cm³/mol. The van der Waals surface area contributed by atoms with Crippen LogP contribution in [-0.4, -0.2) is 47.4 Å². The molecule has 1 N–H and O–H groups in total. The Hall–Kier alpha value is -1.86. The summed E-state index contributed by atoms with van der Waals surface area (Å²) in [6, 6.07) is -0.354. The zero-order chi connectivity index (χ0) is 23.3. The third-order valence-corrected chi connectivity index (χ3v) is 8.76. The standard InChI is InChI=1S/C24H31ClO7/c1-4-30-21(29)32-24(20(28)31-13-25)10-8-17-16-6-5-14-11-15(26)7-9-22(14,2)19(16)18(27)12-23(17,24)3/h7,9,11,16-19,27H,4-6,8,10,12-13H2,1-3H3/t16?,17?,18?,19?,22?,23?,24-/m1/s1. The lowest BCUT2D eigenvalue weighted by Gasteiger charge is -2.59. The van der Waals surface area contributed by atoms with Crippen LogP contribution < -0.4 is 0 Å². The first kappa shape index (κ1) is 23.3. The molecular weight excluding hydrogens is 436 g/mol. The van der Waals surface area contributed by atoms with E-state index in [1.165, 1.54) is 0 Å². The minimum atomic E-state index is -1.57. The molecule has 0 aromatic heterocycles. The summed E-state index contributed by atoms with van der Waals surface area (Å²) in [6.45, 7) is 5.77. The maximum atomic E-state index is 13.2. The molecule has 0 saturated heterocycles. The van der Waals surface area contributed by atoms with Gasteiger partial charge in [0.1, 0.15) is 0 Å². The summed E-state index contributed by atoms with van der Waals surface area (Å²) >= 11 is 5.70. The quantitative estimate of drug-likeness (QED) is 0.495. The van der Waals surface area contributed by atoms with Gasteiger partial charge >= 0.3 is 12.1 Å². The number of rotatable bonds is 4. The van der Waals surface area contributed by atoms with Gasteiger partial charge in [0, 0.05) is 16.7 Å². The van der Waals surface area contributed by atoms with Crippen LogP contribution in [0.25, 0.3) is 0 Å². The number of fused-ring (bicyclic) bond motifs is 5. The molecular formula is C24H31ClO7.